The van der Waals surface area contributed by atoms with E-state index in [1.54, 1.807) is 11.8 Å². The van der Waals surface area contributed by atoms with Crippen molar-refractivity contribution in [3.05, 3.63) is 0 Å². The fourth-order valence-corrected chi connectivity index (χ4v) is 1.94. The van der Waals surface area contributed by atoms with E-state index in [0.29, 0.717) is 26.1 Å². The van der Waals surface area contributed by atoms with Gasteiger partial charge in [-0.2, -0.15) is 0 Å². The summed E-state index contributed by atoms with van der Waals surface area (Å²) in [6.45, 7) is 7.05. The smallest absolute Gasteiger partial charge is 0.307 e. The Hall–Kier alpha value is -1.10. The molecule has 1 fully saturated rings. The van der Waals surface area contributed by atoms with Gasteiger partial charge < -0.3 is 10.0 Å². The number of nitrogens with zero attached hydrogens (tertiary/aromatic N) is 2. The van der Waals surface area contributed by atoms with E-state index >= 15 is 0 Å². The van der Waals surface area contributed by atoms with Crippen molar-refractivity contribution in [2.45, 2.75) is 20.3 Å². The minimum atomic E-state index is -0.725. The van der Waals surface area contributed by atoms with Crippen LogP contribution in [0.15, 0.2) is 0 Å². The summed E-state index contributed by atoms with van der Waals surface area (Å²) in [6, 6.07) is 0. The molecular weight excluding hydrogens is 208 g/mol. The van der Waals surface area contributed by atoms with Crippen LogP contribution < -0.4 is 0 Å². The van der Waals surface area contributed by atoms with Gasteiger partial charge in [0.1, 0.15) is 0 Å². The van der Waals surface area contributed by atoms with Gasteiger partial charge in [-0.3, -0.25) is 14.5 Å². The van der Waals surface area contributed by atoms with Crippen molar-refractivity contribution in [2.75, 3.05) is 32.7 Å². The van der Waals surface area contributed by atoms with Crippen molar-refractivity contribution >= 4 is 11.9 Å². The minimum absolute atomic E-state index is 0.102. The zero-order valence-corrected chi connectivity index (χ0v) is 9.98. The number of carbonyl (C=O) groups is 2. The van der Waals surface area contributed by atoms with Crippen molar-refractivity contribution in [1.82, 2.24) is 9.80 Å². The largest absolute Gasteiger partial charge is 0.481 e. The zero-order chi connectivity index (χ0) is 12.1. The Morgan fingerprint density at radius 2 is 1.81 bits per heavy atom. The van der Waals surface area contributed by atoms with Crippen molar-refractivity contribution in [2.24, 2.45) is 5.92 Å². The summed E-state index contributed by atoms with van der Waals surface area (Å²) >= 11 is 0. The van der Waals surface area contributed by atoms with Gasteiger partial charge in [0.15, 0.2) is 0 Å². The van der Waals surface area contributed by atoms with Crippen LogP contribution in [0.25, 0.3) is 0 Å². The second-order valence-corrected chi connectivity index (χ2v) is 4.25. The molecule has 5 nitrogen and oxygen atoms in total. The van der Waals surface area contributed by atoms with Gasteiger partial charge in [-0.25, -0.2) is 0 Å². The second-order valence-electron chi connectivity index (χ2n) is 4.25. The summed E-state index contributed by atoms with van der Waals surface area (Å²) < 4.78 is 0. The molecule has 1 aliphatic heterocycles. The third-order valence-corrected chi connectivity index (χ3v) is 3.14. The molecule has 0 aromatic rings. The molecule has 0 aromatic heterocycles. The lowest BCUT2D eigenvalue weighted by atomic mass is 10.1. The highest BCUT2D eigenvalue weighted by Gasteiger charge is 2.23. The maximum Gasteiger partial charge on any atom is 0.307 e. The van der Waals surface area contributed by atoms with E-state index in [1.165, 1.54) is 0 Å². The molecule has 0 radical (unpaired) electrons. The van der Waals surface area contributed by atoms with E-state index in [9.17, 15) is 9.59 Å². The molecular formula is C11H20N2O3. The summed E-state index contributed by atoms with van der Waals surface area (Å²) in [7, 11) is 0. The maximum atomic E-state index is 11.1. The van der Waals surface area contributed by atoms with Gasteiger partial charge >= 0.3 is 5.97 Å². The van der Waals surface area contributed by atoms with Crippen molar-refractivity contribution in [3.8, 4) is 0 Å². The molecule has 0 bridgehead atoms. The fraction of sp³-hybridized carbons (Fsp3) is 0.818. The molecule has 1 amide bonds. The van der Waals surface area contributed by atoms with E-state index in [0.717, 1.165) is 13.1 Å². The molecule has 1 aliphatic rings. The van der Waals surface area contributed by atoms with E-state index in [-0.39, 0.29) is 11.8 Å². The van der Waals surface area contributed by atoms with Crippen LogP contribution in [0, 0.1) is 5.92 Å². The minimum Gasteiger partial charge on any atom is -0.481 e. The SMILES string of the molecule is CCC(CN1CCN(C(C)=O)CC1)C(=O)O. The number of carbonyl (C=O) groups excluding carboxylic acids is 1. The van der Waals surface area contributed by atoms with Gasteiger partial charge in [0.25, 0.3) is 0 Å². The average molecular weight is 228 g/mol. The maximum absolute atomic E-state index is 11.1. The molecule has 0 aliphatic carbocycles. The molecule has 5 heteroatoms. The van der Waals surface area contributed by atoms with Crippen molar-refractivity contribution in [3.63, 3.8) is 0 Å². The fourth-order valence-electron chi connectivity index (χ4n) is 1.94. The number of rotatable bonds is 4. The Kier molecular flexibility index (Phi) is 4.73. The van der Waals surface area contributed by atoms with E-state index < -0.39 is 5.97 Å². The lowest BCUT2D eigenvalue weighted by molar-refractivity contribution is -0.143. The Labute approximate surface area is 96.0 Å². The number of aliphatic carboxylic acids is 1. The molecule has 0 aromatic carbocycles. The lowest BCUT2D eigenvalue weighted by Crippen LogP contribution is -2.49. The molecule has 1 unspecified atom stereocenters. The first-order valence-corrected chi connectivity index (χ1v) is 5.75. The van der Waals surface area contributed by atoms with Crippen LogP contribution in [-0.2, 0) is 9.59 Å². The topological polar surface area (TPSA) is 60.9 Å². The van der Waals surface area contributed by atoms with Crippen LogP contribution in [0.5, 0.6) is 0 Å². The van der Waals surface area contributed by atoms with Crippen LogP contribution in [0.4, 0.5) is 0 Å². The molecule has 1 heterocycles. The number of hydrogen-bond acceptors (Lipinski definition) is 3. The standard InChI is InChI=1S/C11H20N2O3/c1-3-10(11(15)16)8-12-4-6-13(7-5-12)9(2)14/h10H,3-8H2,1-2H3,(H,15,16). The van der Waals surface area contributed by atoms with Gasteiger partial charge in [0.05, 0.1) is 5.92 Å². The lowest BCUT2D eigenvalue weighted by Gasteiger charge is -2.35. The molecule has 1 atom stereocenters. The monoisotopic (exact) mass is 228 g/mol. The molecule has 0 saturated carbocycles. The first-order valence-electron chi connectivity index (χ1n) is 5.75. The first-order chi connectivity index (χ1) is 7.54. The molecule has 16 heavy (non-hydrogen) atoms. The van der Waals surface area contributed by atoms with Crippen molar-refractivity contribution < 1.29 is 14.7 Å². The summed E-state index contributed by atoms with van der Waals surface area (Å²) in [5.74, 6) is -0.912. The third kappa shape index (κ3) is 3.48. The van der Waals surface area contributed by atoms with E-state index in [2.05, 4.69) is 4.90 Å². The normalized spacial score (nSPS) is 19.5. The third-order valence-electron chi connectivity index (χ3n) is 3.14. The highest BCUT2D eigenvalue weighted by atomic mass is 16.4. The van der Waals surface area contributed by atoms with Crippen LogP contribution in [0.3, 0.4) is 0 Å². The number of piperazine rings is 1. The van der Waals surface area contributed by atoms with E-state index in [1.807, 2.05) is 6.92 Å². The van der Waals surface area contributed by atoms with Crippen LogP contribution in [0.2, 0.25) is 0 Å². The predicted octanol–water partition coefficient (Wildman–Crippen LogP) is 0.261. The number of hydrogen-bond donors (Lipinski definition) is 1. The van der Waals surface area contributed by atoms with Crippen LogP contribution >= 0.6 is 0 Å². The average Bonchev–Trinajstić information content (AvgIpc) is 2.26. The second kappa shape index (κ2) is 5.84. The zero-order valence-electron chi connectivity index (χ0n) is 9.98. The van der Waals surface area contributed by atoms with Gasteiger partial charge in [-0.15, -0.1) is 0 Å². The summed E-state index contributed by atoms with van der Waals surface area (Å²) in [5, 5.41) is 8.95. The first kappa shape index (κ1) is 13.0. The van der Waals surface area contributed by atoms with Gasteiger partial charge in [-0.1, -0.05) is 6.92 Å². The number of carboxylic acids is 1. The van der Waals surface area contributed by atoms with Gasteiger partial charge in [0, 0.05) is 39.6 Å². The van der Waals surface area contributed by atoms with Crippen LogP contribution in [-0.4, -0.2) is 59.5 Å². The Morgan fingerprint density at radius 3 is 2.19 bits per heavy atom. The van der Waals surface area contributed by atoms with E-state index in [4.69, 9.17) is 5.11 Å². The Bertz CT molecular complexity index is 260. The summed E-state index contributed by atoms with van der Waals surface area (Å²) in [6.07, 6.45) is 0.655. The van der Waals surface area contributed by atoms with Crippen molar-refractivity contribution in [1.29, 1.82) is 0 Å². The summed E-state index contributed by atoms with van der Waals surface area (Å²) in [5.41, 5.74) is 0. The highest BCUT2D eigenvalue weighted by Crippen LogP contribution is 2.09. The summed E-state index contributed by atoms with van der Waals surface area (Å²) in [4.78, 5) is 25.9. The van der Waals surface area contributed by atoms with Gasteiger partial charge in [0.2, 0.25) is 5.91 Å². The predicted molar refractivity (Wildman–Crippen MR) is 60.1 cm³/mol. The number of amides is 1. The highest BCUT2D eigenvalue weighted by molar-refractivity contribution is 5.73. The van der Waals surface area contributed by atoms with Crippen LogP contribution in [0.1, 0.15) is 20.3 Å². The molecule has 1 N–H and O–H groups in total. The Morgan fingerprint density at radius 1 is 1.25 bits per heavy atom. The molecule has 92 valence electrons. The molecule has 1 saturated heterocycles. The Balaban J connectivity index is 2.36. The molecule has 0 spiro atoms. The molecule has 1 rings (SSSR count). The number of carboxylic acid groups (broad SMARTS) is 1. The quantitative estimate of drug-likeness (QED) is 0.750. The van der Waals surface area contributed by atoms with Gasteiger partial charge in [-0.05, 0) is 6.42 Å².